The number of thiazole rings is 1. The average molecular weight is 399 g/mol. The number of hydrogen-bond donors (Lipinski definition) is 0. The van der Waals surface area contributed by atoms with Gasteiger partial charge >= 0.3 is 0 Å². The van der Waals surface area contributed by atoms with E-state index in [4.69, 9.17) is 14.2 Å². The first kappa shape index (κ1) is 18.5. The molecule has 28 heavy (non-hydrogen) atoms. The van der Waals surface area contributed by atoms with Crippen molar-refractivity contribution in [1.29, 1.82) is 0 Å². The lowest BCUT2D eigenvalue weighted by molar-refractivity contribution is 0.144. The van der Waals surface area contributed by atoms with Crippen molar-refractivity contribution in [2.45, 2.75) is 6.92 Å². The number of aromatic nitrogens is 3. The maximum Gasteiger partial charge on any atom is 0.232 e. The lowest BCUT2D eigenvalue weighted by Crippen LogP contribution is -2.05. The molecule has 8 heteroatoms. The molecule has 4 aromatic rings. The SMILES string of the molecule is COCCOc1cc2sc(-c3cc(C)cc4nc(OC)cnc34)nc2cc1F. The number of aryl methyl sites for hydroxylation is 1. The van der Waals surface area contributed by atoms with E-state index in [1.165, 1.54) is 17.4 Å². The van der Waals surface area contributed by atoms with Gasteiger partial charge in [0.2, 0.25) is 5.88 Å². The van der Waals surface area contributed by atoms with E-state index >= 15 is 0 Å². The van der Waals surface area contributed by atoms with E-state index in [1.54, 1.807) is 26.5 Å². The van der Waals surface area contributed by atoms with Gasteiger partial charge in [0.15, 0.2) is 11.6 Å². The highest BCUT2D eigenvalue weighted by Crippen LogP contribution is 2.36. The van der Waals surface area contributed by atoms with E-state index in [9.17, 15) is 4.39 Å². The molecule has 0 amide bonds. The Bertz CT molecular complexity index is 1160. The number of hydrogen-bond acceptors (Lipinski definition) is 7. The third-order valence-corrected chi connectivity index (χ3v) is 5.25. The van der Waals surface area contributed by atoms with Crippen LogP contribution in [0.4, 0.5) is 4.39 Å². The number of nitrogens with zero attached hydrogens (tertiary/aromatic N) is 3. The largest absolute Gasteiger partial charge is 0.488 e. The van der Waals surface area contributed by atoms with Crippen LogP contribution in [0.5, 0.6) is 11.6 Å². The molecule has 0 saturated heterocycles. The quantitative estimate of drug-likeness (QED) is 0.448. The molecule has 0 bridgehead atoms. The van der Waals surface area contributed by atoms with E-state index in [0.29, 0.717) is 18.0 Å². The van der Waals surface area contributed by atoms with Crippen molar-refractivity contribution in [2.75, 3.05) is 27.4 Å². The summed E-state index contributed by atoms with van der Waals surface area (Å²) in [5, 5.41) is 0.747. The molecule has 0 N–H and O–H groups in total. The van der Waals surface area contributed by atoms with Crippen LogP contribution in [-0.2, 0) is 4.74 Å². The molecular formula is C20H18FN3O3S. The first-order chi connectivity index (χ1) is 13.6. The zero-order valence-electron chi connectivity index (χ0n) is 15.7. The van der Waals surface area contributed by atoms with E-state index < -0.39 is 5.82 Å². The maximum atomic E-state index is 14.3. The minimum absolute atomic E-state index is 0.193. The van der Waals surface area contributed by atoms with Crippen LogP contribution in [0.15, 0.2) is 30.5 Å². The zero-order valence-corrected chi connectivity index (χ0v) is 16.5. The first-order valence-electron chi connectivity index (χ1n) is 8.62. The van der Waals surface area contributed by atoms with Crippen molar-refractivity contribution >= 4 is 32.6 Å². The molecular weight excluding hydrogens is 381 g/mol. The van der Waals surface area contributed by atoms with Gasteiger partial charge in [0.25, 0.3) is 0 Å². The molecule has 0 radical (unpaired) electrons. The molecule has 0 unspecified atom stereocenters. The Balaban J connectivity index is 1.81. The number of rotatable bonds is 6. The van der Waals surface area contributed by atoms with Crippen molar-refractivity contribution in [3.8, 4) is 22.2 Å². The number of benzene rings is 2. The lowest BCUT2D eigenvalue weighted by atomic mass is 10.1. The van der Waals surface area contributed by atoms with Crippen LogP contribution in [0.1, 0.15) is 5.56 Å². The summed E-state index contributed by atoms with van der Waals surface area (Å²) in [4.78, 5) is 13.6. The van der Waals surface area contributed by atoms with Crippen molar-refractivity contribution < 1.29 is 18.6 Å². The Labute approximate surface area is 164 Å². The molecule has 0 aliphatic rings. The summed E-state index contributed by atoms with van der Waals surface area (Å²) in [6.45, 7) is 2.66. The van der Waals surface area contributed by atoms with Gasteiger partial charge in [-0.2, -0.15) is 0 Å². The second kappa shape index (κ2) is 7.65. The van der Waals surface area contributed by atoms with Crippen LogP contribution >= 0.6 is 11.3 Å². The molecule has 0 saturated carbocycles. The van der Waals surface area contributed by atoms with Gasteiger partial charge in [-0.3, -0.25) is 0 Å². The standard InChI is InChI=1S/C20H18FN3O3S/c1-11-6-12(19-15(7-11)23-18(26-3)10-22-19)20-24-14-8-13(21)16(9-17(14)28-20)27-5-4-25-2/h6-10H,4-5H2,1-3H3. The van der Waals surface area contributed by atoms with Crippen molar-refractivity contribution in [3.05, 3.63) is 41.8 Å². The molecule has 2 aromatic carbocycles. The van der Waals surface area contributed by atoms with Gasteiger partial charge in [0, 0.05) is 24.8 Å². The van der Waals surface area contributed by atoms with E-state index in [0.717, 1.165) is 31.9 Å². The van der Waals surface area contributed by atoms with Crippen LogP contribution in [0.2, 0.25) is 0 Å². The normalized spacial score (nSPS) is 11.3. The van der Waals surface area contributed by atoms with Crippen LogP contribution in [0.25, 0.3) is 31.8 Å². The number of halogens is 1. The monoisotopic (exact) mass is 399 g/mol. The molecule has 144 valence electrons. The predicted octanol–water partition coefficient (Wildman–Crippen LogP) is 4.39. The average Bonchev–Trinajstić information content (AvgIpc) is 3.09. The van der Waals surface area contributed by atoms with Gasteiger partial charge in [0.05, 0.1) is 41.2 Å². The smallest absolute Gasteiger partial charge is 0.232 e. The number of methoxy groups -OCH3 is 2. The highest BCUT2D eigenvalue weighted by Gasteiger charge is 2.15. The van der Waals surface area contributed by atoms with Crippen LogP contribution in [0, 0.1) is 12.7 Å². The highest BCUT2D eigenvalue weighted by molar-refractivity contribution is 7.21. The fourth-order valence-corrected chi connectivity index (χ4v) is 3.89. The lowest BCUT2D eigenvalue weighted by Gasteiger charge is -2.06. The summed E-state index contributed by atoms with van der Waals surface area (Å²) in [6, 6.07) is 7.02. The van der Waals surface area contributed by atoms with E-state index in [-0.39, 0.29) is 12.4 Å². The fourth-order valence-electron chi connectivity index (χ4n) is 2.90. The van der Waals surface area contributed by atoms with Gasteiger partial charge in [0.1, 0.15) is 11.6 Å². The Morgan fingerprint density at radius 2 is 1.89 bits per heavy atom. The van der Waals surface area contributed by atoms with Crippen LogP contribution < -0.4 is 9.47 Å². The van der Waals surface area contributed by atoms with Crippen LogP contribution in [0.3, 0.4) is 0 Å². The third-order valence-electron chi connectivity index (χ3n) is 4.20. The van der Waals surface area contributed by atoms with Crippen molar-refractivity contribution in [1.82, 2.24) is 15.0 Å². The van der Waals surface area contributed by atoms with Gasteiger partial charge in [-0.1, -0.05) is 0 Å². The summed E-state index contributed by atoms with van der Waals surface area (Å²) in [6.07, 6.45) is 1.58. The van der Waals surface area contributed by atoms with Crippen LogP contribution in [-0.4, -0.2) is 42.4 Å². The second-order valence-electron chi connectivity index (χ2n) is 6.20. The summed E-state index contributed by atoms with van der Waals surface area (Å²) < 4.78 is 30.7. The van der Waals surface area contributed by atoms with E-state index in [1.807, 2.05) is 19.1 Å². The van der Waals surface area contributed by atoms with Crippen molar-refractivity contribution in [3.63, 3.8) is 0 Å². The molecule has 0 fully saturated rings. The second-order valence-corrected chi connectivity index (χ2v) is 7.23. The first-order valence-corrected chi connectivity index (χ1v) is 9.44. The molecule has 0 atom stereocenters. The molecule has 0 aliphatic heterocycles. The highest BCUT2D eigenvalue weighted by atomic mass is 32.1. The van der Waals surface area contributed by atoms with Gasteiger partial charge < -0.3 is 14.2 Å². The number of ether oxygens (including phenoxy) is 3. The fraction of sp³-hybridized carbons (Fsp3) is 0.250. The zero-order chi connectivity index (χ0) is 19.7. The third kappa shape index (κ3) is 3.48. The van der Waals surface area contributed by atoms with Crippen molar-refractivity contribution in [2.24, 2.45) is 0 Å². The Morgan fingerprint density at radius 1 is 1.04 bits per heavy atom. The van der Waals surface area contributed by atoms with Gasteiger partial charge in [-0.25, -0.2) is 19.3 Å². The molecule has 6 nitrogen and oxygen atoms in total. The minimum Gasteiger partial charge on any atom is -0.488 e. The van der Waals surface area contributed by atoms with Gasteiger partial charge in [-0.05, 0) is 24.6 Å². The summed E-state index contributed by atoms with van der Waals surface area (Å²) in [5.74, 6) is 0.200. The number of fused-ring (bicyclic) bond motifs is 2. The Hall–Kier alpha value is -2.84. The maximum absolute atomic E-state index is 14.3. The minimum atomic E-state index is -0.445. The molecule has 2 heterocycles. The predicted molar refractivity (Wildman–Crippen MR) is 107 cm³/mol. The summed E-state index contributed by atoms with van der Waals surface area (Å²) >= 11 is 1.46. The molecule has 0 spiro atoms. The summed E-state index contributed by atoms with van der Waals surface area (Å²) in [5.41, 5.74) is 3.91. The summed E-state index contributed by atoms with van der Waals surface area (Å²) in [7, 11) is 3.13. The van der Waals surface area contributed by atoms with E-state index in [2.05, 4.69) is 15.0 Å². The molecule has 4 rings (SSSR count). The molecule has 0 aliphatic carbocycles. The topological polar surface area (TPSA) is 66.4 Å². The Kier molecular flexibility index (Phi) is 5.06. The Morgan fingerprint density at radius 3 is 2.68 bits per heavy atom. The molecule has 2 aromatic heterocycles. The van der Waals surface area contributed by atoms with Gasteiger partial charge in [-0.15, -0.1) is 11.3 Å².